The number of methoxy groups -OCH3 is 1. The van der Waals surface area contributed by atoms with Crippen LogP contribution >= 0.6 is 0 Å². The Bertz CT molecular complexity index is 633. The second-order valence-corrected chi connectivity index (χ2v) is 5.47. The molecule has 0 radical (unpaired) electrons. The summed E-state index contributed by atoms with van der Waals surface area (Å²) in [7, 11) is 1.66. The lowest BCUT2D eigenvalue weighted by atomic mass is 9.85. The summed E-state index contributed by atoms with van der Waals surface area (Å²) in [5.41, 5.74) is 1.39. The Balaban J connectivity index is 2.07. The maximum atomic E-state index is 13.0. The first-order valence-electron chi connectivity index (χ1n) is 6.93. The molecule has 1 saturated carbocycles. The average molecular weight is 266 g/mol. The second kappa shape index (κ2) is 4.78. The smallest absolute Gasteiger partial charge is 0.173 e. The van der Waals surface area contributed by atoms with Crippen molar-refractivity contribution < 1.29 is 9.53 Å². The Hall–Kier alpha value is -2.09. The molecule has 0 amide bonds. The summed E-state index contributed by atoms with van der Waals surface area (Å²) in [5.74, 6) is 1.36. The fourth-order valence-electron chi connectivity index (χ4n) is 3.10. The van der Waals surface area contributed by atoms with Gasteiger partial charge in [-0.3, -0.25) is 4.79 Å². The van der Waals surface area contributed by atoms with Gasteiger partial charge in [0.05, 0.1) is 12.5 Å². The van der Waals surface area contributed by atoms with Crippen LogP contribution in [-0.2, 0) is 5.41 Å². The highest BCUT2D eigenvalue weighted by Crippen LogP contribution is 2.58. The van der Waals surface area contributed by atoms with Gasteiger partial charge in [-0.05, 0) is 18.4 Å². The van der Waals surface area contributed by atoms with Crippen LogP contribution in [0.3, 0.4) is 0 Å². The minimum Gasteiger partial charge on any atom is -0.496 e. The fraction of sp³-hybridized carbons (Fsp3) is 0.278. The SMILES string of the molecule is COc1ccccc1C1(C(=O)c2ccccc2)CC1C. The standard InChI is InChI=1S/C18H18O2/c1-13-12-18(13,15-10-6-7-11-16(15)20-2)17(19)14-8-4-3-5-9-14/h3-11,13H,12H2,1-2H3. The van der Waals surface area contributed by atoms with Gasteiger partial charge in [0.1, 0.15) is 5.75 Å². The van der Waals surface area contributed by atoms with Crippen LogP contribution in [0, 0.1) is 5.92 Å². The molecule has 0 aromatic heterocycles. The second-order valence-electron chi connectivity index (χ2n) is 5.47. The highest BCUT2D eigenvalue weighted by Gasteiger charge is 2.59. The largest absolute Gasteiger partial charge is 0.496 e. The van der Waals surface area contributed by atoms with Crippen molar-refractivity contribution in [3.63, 3.8) is 0 Å². The zero-order valence-electron chi connectivity index (χ0n) is 11.8. The molecule has 2 aromatic rings. The highest BCUT2D eigenvalue weighted by atomic mass is 16.5. The van der Waals surface area contributed by atoms with Crippen LogP contribution in [0.1, 0.15) is 29.3 Å². The lowest BCUT2D eigenvalue weighted by Gasteiger charge is -2.19. The van der Waals surface area contributed by atoms with Gasteiger partial charge in [0.2, 0.25) is 0 Å². The van der Waals surface area contributed by atoms with Crippen LogP contribution in [0.15, 0.2) is 54.6 Å². The number of Topliss-reactive ketones (excluding diaryl/α,β-unsaturated/α-hetero) is 1. The van der Waals surface area contributed by atoms with Crippen molar-refractivity contribution in [3.8, 4) is 5.75 Å². The maximum absolute atomic E-state index is 13.0. The Kier molecular flexibility index (Phi) is 3.09. The van der Waals surface area contributed by atoms with Crippen LogP contribution in [0.4, 0.5) is 0 Å². The summed E-state index contributed by atoms with van der Waals surface area (Å²) in [6.45, 7) is 2.13. The highest BCUT2D eigenvalue weighted by molar-refractivity contribution is 6.07. The summed E-state index contributed by atoms with van der Waals surface area (Å²) in [5, 5.41) is 0. The number of ketones is 1. The van der Waals surface area contributed by atoms with Crippen molar-refractivity contribution in [1.82, 2.24) is 0 Å². The number of ether oxygens (including phenoxy) is 1. The van der Waals surface area contributed by atoms with Crippen molar-refractivity contribution in [2.45, 2.75) is 18.8 Å². The molecule has 0 saturated heterocycles. The number of hydrogen-bond acceptors (Lipinski definition) is 2. The summed E-state index contributed by atoms with van der Waals surface area (Å²) < 4.78 is 5.45. The Morgan fingerprint density at radius 1 is 1.10 bits per heavy atom. The number of hydrogen-bond donors (Lipinski definition) is 0. The van der Waals surface area contributed by atoms with E-state index in [0.717, 1.165) is 23.3 Å². The van der Waals surface area contributed by atoms with E-state index in [1.54, 1.807) is 7.11 Å². The minimum absolute atomic E-state index is 0.204. The molecule has 0 bridgehead atoms. The van der Waals surface area contributed by atoms with Gasteiger partial charge < -0.3 is 4.74 Å². The molecule has 0 N–H and O–H groups in total. The zero-order chi connectivity index (χ0) is 14.2. The molecule has 0 spiro atoms. The molecule has 2 heteroatoms. The Labute approximate surface area is 119 Å². The molecule has 20 heavy (non-hydrogen) atoms. The van der Waals surface area contributed by atoms with Crippen LogP contribution in [0.2, 0.25) is 0 Å². The van der Waals surface area contributed by atoms with Crippen LogP contribution < -0.4 is 4.74 Å². The molecule has 3 rings (SSSR count). The van der Waals surface area contributed by atoms with Crippen LogP contribution in [0.25, 0.3) is 0 Å². The molecule has 2 unspecified atom stereocenters. The first-order valence-corrected chi connectivity index (χ1v) is 6.93. The van der Waals surface area contributed by atoms with Gasteiger partial charge in [0.15, 0.2) is 5.78 Å². The van der Waals surface area contributed by atoms with Gasteiger partial charge in [0.25, 0.3) is 0 Å². The predicted molar refractivity (Wildman–Crippen MR) is 79.2 cm³/mol. The van der Waals surface area contributed by atoms with E-state index in [-0.39, 0.29) is 5.78 Å². The summed E-state index contributed by atoms with van der Waals surface area (Å²) in [6.07, 6.45) is 0.890. The quantitative estimate of drug-likeness (QED) is 0.786. The topological polar surface area (TPSA) is 26.3 Å². The third kappa shape index (κ3) is 1.83. The Morgan fingerprint density at radius 3 is 2.30 bits per heavy atom. The number of carbonyl (C=O) groups is 1. The number of para-hydroxylation sites is 1. The van der Waals surface area contributed by atoms with E-state index in [2.05, 4.69) is 6.92 Å². The minimum atomic E-state index is -0.409. The lowest BCUT2D eigenvalue weighted by molar-refractivity contribution is 0.0937. The van der Waals surface area contributed by atoms with Gasteiger partial charge >= 0.3 is 0 Å². The molecule has 2 nitrogen and oxygen atoms in total. The van der Waals surface area contributed by atoms with Gasteiger partial charge in [-0.2, -0.15) is 0 Å². The summed E-state index contributed by atoms with van der Waals surface area (Å²) >= 11 is 0. The number of rotatable bonds is 4. The van der Waals surface area contributed by atoms with Crippen LogP contribution in [-0.4, -0.2) is 12.9 Å². The van der Waals surface area contributed by atoms with E-state index in [0.29, 0.717) is 5.92 Å². The van der Waals surface area contributed by atoms with Crippen molar-refractivity contribution >= 4 is 5.78 Å². The lowest BCUT2D eigenvalue weighted by Crippen LogP contribution is -2.23. The van der Waals surface area contributed by atoms with Gasteiger partial charge in [0, 0.05) is 11.1 Å². The zero-order valence-corrected chi connectivity index (χ0v) is 11.8. The molecular formula is C18H18O2. The maximum Gasteiger partial charge on any atom is 0.173 e. The van der Waals surface area contributed by atoms with E-state index in [1.807, 2.05) is 54.6 Å². The third-order valence-corrected chi connectivity index (χ3v) is 4.34. The molecule has 102 valence electrons. The average Bonchev–Trinajstić information content (AvgIpc) is 3.19. The summed E-state index contributed by atoms with van der Waals surface area (Å²) in [4.78, 5) is 13.0. The van der Waals surface area contributed by atoms with E-state index in [9.17, 15) is 4.79 Å². The van der Waals surface area contributed by atoms with Crippen molar-refractivity contribution in [2.24, 2.45) is 5.92 Å². The Morgan fingerprint density at radius 2 is 1.70 bits per heavy atom. The van der Waals surface area contributed by atoms with Crippen LogP contribution in [0.5, 0.6) is 5.75 Å². The van der Waals surface area contributed by atoms with Crippen molar-refractivity contribution in [2.75, 3.05) is 7.11 Å². The first-order chi connectivity index (χ1) is 9.70. The molecule has 2 aromatic carbocycles. The van der Waals surface area contributed by atoms with Crippen molar-refractivity contribution in [1.29, 1.82) is 0 Å². The number of benzene rings is 2. The molecule has 0 aliphatic heterocycles. The summed E-state index contributed by atoms with van der Waals surface area (Å²) in [6, 6.07) is 17.4. The van der Waals surface area contributed by atoms with E-state index in [1.165, 1.54) is 0 Å². The third-order valence-electron chi connectivity index (χ3n) is 4.34. The van der Waals surface area contributed by atoms with Gasteiger partial charge in [-0.25, -0.2) is 0 Å². The van der Waals surface area contributed by atoms with E-state index >= 15 is 0 Å². The predicted octanol–water partition coefficient (Wildman–Crippen LogP) is 3.86. The molecule has 0 heterocycles. The normalized spacial score (nSPS) is 24.2. The van der Waals surface area contributed by atoms with Crippen molar-refractivity contribution in [3.05, 3.63) is 65.7 Å². The molecule has 2 atom stereocenters. The molecule has 1 fully saturated rings. The fourth-order valence-corrected chi connectivity index (χ4v) is 3.10. The molecule has 1 aliphatic rings. The monoisotopic (exact) mass is 266 g/mol. The first kappa shape index (κ1) is 12.9. The molecular weight excluding hydrogens is 248 g/mol. The molecule has 1 aliphatic carbocycles. The number of carbonyl (C=O) groups excluding carboxylic acids is 1. The van der Waals surface area contributed by atoms with Gasteiger partial charge in [-0.1, -0.05) is 55.5 Å². The van der Waals surface area contributed by atoms with E-state index in [4.69, 9.17) is 4.74 Å². The van der Waals surface area contributed by atoms with E-state index < -0.39 is 5.41 Å². The van der Waals surface area contributed by atoms with Gasteiger partial charge in [-0.15, -0.1) is 0 Å².